The standard InChI is InChI=1S/C14H23N3O3/c1-9-11(12(18)19-6)7-10(20-9)8-16-13(15-5)17-14(2,3)4/h7H,8H2,1-6H3,(H2,15,16,17). The molecule has 0 aliphatic heterocycles. The molecule has 6 heteroatoms. The van der Waals surface area contributed by atoms with Gasteiger partial charge in [-0.3, -0.25) is 4.99 Å². The number of nitrogens with zero attached hydrogens (tertiary/aromatic N) is 1. The van der Waals surface area contributed by atoms with E-state index >= 15 is 0 Å². The molecule has 1 aromatic rings. The first kappa shape index (κ1) is 16.1. The van der Waals surface area contributed by atoms with Crippen molar-refractivity contribution in [1.29, 1.82) is 0 Å². The van der Waals surface area contributed by atoms with Gasteiger partial charge in [0.15, 0.2) is 5.96 Å². The number of hydrogen-bond donors (Lipinski definition) is 2. The maximum atomic E-state index is 11.5. The number of methoxy groups -OCH3 is 1. The molecular weight excluding hydrogens is 258 g/mol. The van der Waals surface area contributed by atoms with Crippen LogP contribution in [0, 0.1) is 6.92 Å². The maximum Gasteiger partial charge on any atom is 0.341 e. The molecule has 0 atom stereocenters. The van der Waals surface area contributed by atoms with Gasteiger partial charge in [-0.25, -0.2) is 4.79 Å². The lowest BCUT2D eigenvalue weighted by Crippen LogP contribution is -2.47. The third kappa shape index (κ3) is 4.60. The molecule has 2 N–H and O–H groups in total. The Labute approximate surface area is 119 Å². The van der Waals surface area contributed by atoms with Crippen LogP contribution in [0.25, 0.3) is 0 Å². The molecule has 0 aromatic carbocycles. The predicted molar refractivity (Wildman–Crippen MR) is 77.9 cm³/mol. The number of rotatable bonds is 3. The van der Waals surface area contributed by atoms with E-state index in [-0.39, 0.29) is 5.54 Å². The number of nitrogens with one attached hydrogen (secondary N) is 2. The van der Waals surface area contributed by atoms with Crippen molar-refractivity contribution >= 4 is 11.9 Å². The van der Waals surface area contributed by atoms with Crippen LogP contribution in [0.5, 0.6) is 0 Å². The Hall–Kier alpha value is -1.98. The summed E-state index contributed by atoms with van der Waals surface area (Å²) < 4.78 is 10.2. The van der Waals surface area contributed by atoms with Crippen molar-refractivity contribution in [2.45, 2.75) is 39.8 Å². The molecule has 0 unspecified atom stereocenters. The average molecular weight is 281 g/mol. The number of aliphatic imine (C=N–C) groups is 1. The first-order valence-electron chi connectivity index (χ1n) is 6.43. The van der Waals surface area contributed by atoms with Crippen molar-refractivity contribution in [3.8, 4) is 0 Å². The summed E-state index contributed by atoms with van der Waals surface area (Å²) in [6.07, 6.45) is 0. The van der Waals surface area contributed by atoms with Gasteiger partial charge in [0.2, 0.25) is 0 Å². The molecule has 0 spiro atoms. The Balaban J connectivity index is 2.68. The summed E-state index contributed by atoms with van der Waals surface area (Å²) in [5.41, 5.74) is 0.362. The number of carbonyl (C=O) groups is 1. The molecule has 0 saturated carbocycles. The van der Waals surface area contributed by atoms with Gasteiger partial charge in [0.25, 0.3) is 0 Å². The SMILES string of the molecule is CN=C(NCc1cc(C(=O)OC)c(C)o1)NC(C)(C)C. The monoisotopic (exact) mass is 281 g/mol. The molecule has 0 amide bonds. The Bertz CT molecular complexity index is 498. The molecular formula is C14H23N3O3. The van der Waals surface area contributed by atoms with E-state index in [0.29, 0.717) is 29.6 Å². The van der Waals surface area contributed by atoms with Gasteiger partial charge < -0.3 is 19.8 Å². The molecule has 6 nitrogen and oxygen atoms in total. The van der Waals surface area contributed by atoms with E-state index < -0.39 is 5.97 Å². The van der Waals surface area contributed by atoms with Crippen LogP contribution in [0.4, 0.5) is 0 Å². The third-order valence-electron chi connectivity index (χ3n) is 2.52. The third-order valence-corrected chi connectivity index (χ3v) is 2.52. The number of guanidine groups is 1. The zero-order valence-electron chi connectivity index (χ0n) is 13.0. The van der Waals surface area contributed by atoms with Gasteiger partial charge >= 0.3 is 5.97 Å². The second-order valence-corrected chi connectivity index (χ2v) is 5.47. The highest BCUT2D eigenvalue weighted by molar-refractivity contribution is 5.90. The van der Waals surface area contributed by atoms with Crippen LogP contribution in [-0.4, -0.2) is 31.6 Å². The maximum absolute atomic E-state index is 11.5. The molecule has 1 rings (SSSR count). The minimum absolute atomic E-state index is 0.0852. The Kier molecular flexibility index (Phi) is 5.19. The summed E-state index contributed by atoms with van der Waals surface area (Å²) in [6.45, 7) is 8.32. The molecule has 0 radical (unpaired) electrons. The molecule has 0 saturated heterocycles. The van der Waals surface area contributed by atoms with Crippen molar-refractivity contribution < 1.29 is 13.9 Å². The van der Waals surface area contributed by atoms with Gasteiger partial charge in [-0.15, -0.1) is 0 Å². The second kappa shape index (κ2) is 6.45. The second-order valence-electron chi connectivity index (χ2n) is 5.47. The first-order valence-corrected chi connectivity index (χ1v) is 6.43. The summed E-state index contributed by atoms with van der Waals surface area (Å²) in [5, 5.41) is 6.37. The fourth-order valence-electron chi connectivity index (χ4n) is 1.65. The molecule has 20 heavy (non-hydrogen) atoms. The van der Waals surface area contributed by atoms with Crippen LogP contribution < -0.4 is 10.6 Å². The summed E-state index contributed by atoms with van der Waals surface area (Å²) in [6, 6.07) is 1.68. The number of furan rings is 1. The van der Waals surface area contributed by atoms with E-state index in [1.165, 1.54) is 7.11 Å². The Morgan fingerprint density at radius 3 is 2.60 bits per heavy atom. The van der Waals surface area contributed by atoms with Gasteiger partial charge in [-0.2, -0.15) is 0 Å². The fraction of sp³-hybridized carbons (Fsp3) is 0.571. The van der Waals surface area contributed by atoms with Crippen LogP contribution in [0.1, 0.15) is 42.6 Å². The minimum Gasteiger partial charge on any atom is -0.465 e. The van der Waals surface area contributed by atoms with E-state index in [1.54, 1.807) is 20.0 Å². The number of hydrogen-bond acceptors (Lipinski definition) is 4. The Morgan fingerprint density at radius 2 is 2.10 bits per heavy atom. The molecule has 0 aliphatic rings. The van der Waals surface area contributed by atoms with Crippen LogP contribution in [0.2, 0.25) is 0 Å². The lowest BCUT2D eigenvalue weighted by Gasteiger charge is -2.23. The van der Waals surface area contributed by atoms with Crippen molar-refractivity contribution in [2.75, 3.05) is 14.2 Å². The van der Waals surface area contributed by atoms with E-state index in [9.17, 15) is 4.79 Å². The van der Waals surface area contributed by atoms with Gasteiger partial charge in [0.1, 0.15) is 17.1 Å². The number of aryl methyl sites for hydroxylation is 1. The average Bonchev–Trinajstić information content (AvgIpc) is 2.73. The molecule has 1 aromatic heterocycles. The van der Waals surface area contributed by atoms with Crippen molar-refractivity contribution in [2.24, 2.45) is 4.99 Å². The number of esters is 1. The highest BCUT2D eigenvalue weighted by atomic mass is 16.5. The highest BCUT2D eigenvalue weighted by Gasteiger charge is 2.16. The molecule has 0 aliphatic carbocycles. The summed E-state index contributed by atoms with van der Waals surface area (Å²) in [4.78, 5) is 15.6. The molecule has 0 fully saturated rings. The lowest BCUT2D eigenvalue weighted by molar-refractivity contribution is 0.0599. The molecule has 1 heterocycles. The van der Waals surface area contributed by atoms with Gasteiger partial charge in [0.05, 0.1) is 13.7 Å². The molecule has 112 valence electrons. The smallest absolute Gasteiger partial charge is 0.341 e. The fourth-order valence-corrected chi connectivity index (χ4v) is 1.65. The topological polar surface area (TPSA) is 75.9 Å². The van der Waals surface area contributed by atoms with Gasteiger partial charge in [0, 0.05) is 12.6 Å². The lowest BCUT2D eigenvalue weighted by atomic mass is 10.1. The van der Waals surface area contributed by atoms with Crippen LogP contribution in [0.15, 0.2) is 15.5 Å². The highest BCUT2D eigenvalue weighted by Crippen LogP contribution is 2.15. The van der Waals surface area contributed by atoms with Crippen molar-refractivity contribution in [3.63, 3.8) is 0 Å². The van der Waals surface area contributed by atoms with E-state index in [1.807, 2.05) is 20.8 Å². The zero-order valence-corrected chi connectivity index (χ0v) is 13.0. The zero-order chi connectivity index (χ0) is 15.3. The van der Waals surface area contributed by atoms with Crippen LogP contribution in [-0.2, 0) is 11.3 Å². The summed E-state index contributed by atoms with van der Waals surface area (Å²) in [5.74, 6) is 1.48. The summed E-state index contributed by atoms with van der Waals surface area (Å²) >= 11 is 0. The van der Waals surface area contributed by atoms with Crippen LogP contribution >= 0.6 is 0 Å². The number of ether oxygens (including phenoxy) is 1. The van der Waals surface area contributed by atoms with Gasteiger partial charge in [-0.1, -0.05) is 0 Å². The Morgan fingerprint density at radius 1 is 1.45 bits per heavy atom. The predicted octanol–water partition coefficient (Wildman–Crippen LogP) is 1.84. The largest absolute Gasteiger partial charge is 0.465 e. The molecule has 0 bridgehead atoms. The number of carbonyl (C=O) groups excluding carboxylic acids is 1. The van der Waals surface area contributed by atoms with E-state index in [0.717, 1.165) is 0 Å². The quantitative estimate of drug-likeness (QED) is 0.502. The van der Waals surface area contributed by atoms with Gasteiger partial charge in [-0.05, 0) is 33.8 Å². The van der Waals surface area contributed by atoms with Crippen molar-refractivity contribution in [3.05, 3.63) is 23.2 Å². The first-order chi connectivity index (χ1) is 9.26. The summed E-state index contributed by atoms with van der Waals surface area (Å²) in [7, 11) is 3.05. The van der Waals surface area contributed by atoms with E-state index in [2.05, 4.69) is 20.4 Å². The van der Waals surface area contributed by atoms with Crippen molar-refractivity contribution in [1.82, 2.24) is 10.6 Å². The van der Waals surface area contributed by atoms with E-state index in [4.69, 9.17) is 4.42 Å². The minimum atomic E-state index is -0.394. The van der Waals surface area contributed by atoms with Crippen LogP contribution in [0.3, 0.4) is 0 Å². The normalized spacial score (nSPS) is 12.2.